The SMILES string of the molecule is O=C1CCC2=C1C(c1ccc3c(c1)OCO3)c1c(ccc3cccnc13)N2. The molecule has 2 aliphatic heterocycles. The molecule has 3 aliphatic rings. The number of pyridine rings is 1. The number of Topliss-reactive ketones (excluding diaryl/α,β-unsaturated/α-hetero) is 1. The number of aromatic nitrogens is 1. The molecule has 1 aromatic heterocycles. The van der Waals surface area contributed by atoms with E-state index in [1.54, 1.807) is 6.20 Å². The van der Waals surface area contributed by atoms with Crippen molar-refractivity contribution in [2.45, 2.75) is 18.8 Å². The van der Waals surface area contributed by atoms with Gasteiger partial charge in [-0.05, 0) is 36.2 Å². The molecule has 0 fully saturated rings. The van der Waals surface area contributed by atoms with Gasteiger partial charge in [0, 0.05) is 46.4 Å². The van der Waals surface area contributed by atoms with E-state index in [1.165, 1.54) is 0 Å². The zero-order chi connectivity index (χ0) is 18.0. The van der Waals surface area contributed by atoms with Gasteiger partial charge in [0.15, 0.2) is 17.3 Å². The molecule has 27 heavy (non-hydrogen) atoms. The van der Waals surface area contributed by atoms with Crippen LogP contribution in [-0.4, -0.2) is 17.6 Å². The predicted molar refractivity (Wildman–Crippen MR) is 101 cm³/mol. The maximum Gasteiger partial charge on any atom is 0.231 e. The number of hydrogen-bond donors (Lipinski definition) is 1. The van der Waals surface area contributed by atoms with Crippen molar-refractivity contribution in [3.8, 4) is 11.5 Å². The number of carbonyl (C=O) groups is 1. The fourth-order valence-corrected chi connectivity index (χ4v) is 4.44. The summed E-state index contributed by atoms with van der Waals surface area (Å²) in [5.74, 6) is 1.53. The van der Waals surface area contributed by atoms with Crippen LogP contribution in [0.2, 0.25) is 0 Å². The molecule has 1 atom stereocenters. The van der Waals surface area contributed by atoms with Crippen molar-refractivity contribution in [3.05, 3.63) is 71.1 Å². The fourth-order valence-electron chi connectivity index (χ4n) is 4.44. The first kappa shape index (κ1) is 14.8. The Morgan fingerprint density at radius 1 is 1.04 bits per heavy atom. The zero-order valence-corrected chi connectivity index (χ0v) is 14.5. The molecule has 2 aromatic carbocycles. The van der Waals surface area contributed by atoms with Crippen molar-refractivity contribution < 1.29 is 14.3 Å². The van der Waals surface area contributed by atoms with E-state index in [0.717, 1.165) is 56.9 Å². The number of fused-ring (bicyclic) bond motifs is 4. The van der Waals surface area contributed by atoms with Crippen LogP contribution in [0.1, 0.15) is 29.9 Å². The van der Waals surface area contributed by atoms with E-state index in [0.29, 0.717) is 6.42 Å². The number of carbonyl (C=O) groups excluding carboxylic acids is 1. The Morgan fingerprint density at radius 2 is 1.96 bits per heavy atom. The zero-order valence-electron chi connectivity index (χ0n) is 14.5. The van der Waals surface area contributed by atoms with Crippen molar-refractivity contribution in [2.75, 3.05) is 12.1 Å². The maximum absolute atomic E-state index is 12.8. The van der Waals surface area contributed by atoms with E-state index in [-0.39, 0.29) is 18.5 Å². The van der Waals surface area contributed by atoms with Crippen LogP contribution in [0.3, 0.4) is 0 Å². The summed E-state index contributed by atoms with van der Waals surface area (Å²) in [6, 6.07) is 14.1. The lowest BCUT2D eigenvalue weighted by Crippen LogP contribution is -2.20. The Kier molecular flexibility index (Phi) is 2.92. The number of ether oxygens (including phenoxy) is 2. The quantitative estimate of drug-likeness (QED) is 0.710. The molecule has 6 rings (SSSR count). The average Bonchev–Trinajstić information content (AvgIpc) is 3.32. The highest BCUT2D eigenvalue weighted by Gasteiger charge is 2.38. The van der Waals surface area contributed by atoms with Crippen molar-refractivity contribution in [1.29, 1.82) is 0 Å². The molecular weight excluding hydrogens is 340 g/mol. The minimum Gasteiger partial charge on any atom is -0.454 e. The predicted octanol–water partition coefficient (Wildman–Crippen LogP) is 4.14. The van der Waals surface area contributed by atoms with Gasteiger partial charge >= 0.3 is 0 Å². The molecule has 1 unspecified atom stereocenters. The van der Waals surface area contributed by atoms with Crippen molar-refractivity contribution >= 4 is 22.4 Å². The first-order valence-corrected chi connectivity index (χ1v) is 9.10. The summed E-state index contributed by atoms with van der Waals surface area (Å²) in [6.07, 6.45) is 3.12. The van der Waals surface area contributed by atoms with Crippen LogP contribution in [0.4, 0.5) is 5.69 Å². The summed E-state index contributed by atoms with van der Waals surface area (Å²) in [6.45, 7) is 0.235. The van der Waals surface area contributed by atoms with Crippen LogP contribution in [0.5, 0.6) is 11.5 Å². The summed E-state index contributed by atoms with van der Waals surface area (Å²) >= 11 is 0. The summed E-state index contributed by atoms with van der Waals surface area (Å²) in [5, 5.41) is 4.56. The Labute approximate surface area is 155 Å². The molecule has 1 aliphatic carbocycles. The molecule has 5 heteroatoms. The van der Waals surface area contributed by atoms with Gasteiger partial charge in [-0.2, -0.15) is 0 Å². The molecule has 132 valence electrons. The highest BCUT2D eigenvalue weighted by molar-refractivity contribution is 6.05. The molecule has 0 saturated carbocycles. The topological polar surface area (TPSA) is 60.5 Å². The molecule has 0 bridgehead atoms. The van der Waals surface area contributed by atoms with Gasteiger partial charge in [-0.3, -0.25) is 9.78 Å². The number of hydrogen-bond acceptors (Lipinski definition) is 5. The summed E-state index contributed by atoms with van der Waals surface area (Å²) in [4.78, 5) is 17.4. The largest absolute Gasteiger partial charge is 0.454 e. The Hall–Kier alpha value is -3.34. The van der Waals surface area contributed by atoms with Crippen molar-refractivity contribution in [3.63, 3.8) is 0 Å². The molecule has 0 amide bonds. The number of allylic oxidation sites excluding steroid dienone is 2. The van der Waals surface area contributed by atoms with Crippen molar-refractivity contribution in [1.82, 2.24) is 4.98 Å². The maximum atomic E-state index is 12.8. The number of anilines is 1. The summed E-state index contributed by atoms with van der Waals surface area (Å²) in [5.41, 5.74) is 5.93. The second-order valence-corrected chi connectivity index (χ2v) is 7.09. The van der Waals surface area contributed by atoms with Crippen LogP contribution in [0.15, 0.2) is 59.9 Å². The van der Waals surface area contributed by atoms with E-state index in [2.05, 4.69) is 28.5 Å². The average molecular weight is 356 g/mol. The number of rotatable bonds is 1. The van der Waals surface area contributed by atoms with Crippen LogP contribution < -0.4 is 14.8 Å². The summed E-state index contributed by atoms with van der Waals surface area (Å²) in [7, 11) is 0. The minimum absolute atomic E-state index is 0.153. The van der Waals surface area contributed by atoms with E-state index < -0.39 is 0 Å². The van der Waals surface area contributed by atoms with Crippen molar-refractivity contribution in [2.24, 2.45) is 0 Å². The monoisotopic (exact) mass is 356 g/mol. The van der Waals surface area contributed by atoms with Gasteiger partial charge < -0.3 is 14.8 Å². The molecule has 3 heterocycles. The van der Waals surface area contributed by atoms with Gasteiger partial charge in [0.2, 0.25) is 6.79 Å². The Bertz CT molecular complexity index is 1170. The van der Waals surface area contributed by atoms with E-state index >= 15 is 0 Å². The standard InChI is InChI=1S/C22H16N2O3/c25-16-7-6-14-20(16)19(13-4-8-17-18(10-13)27-11-26-17)21-15(24-14)5-3-12-2-1-9-23-22(12)21/h1-5,8-10,19,24H,6-7,11H2. The molecule has 0 radical (unpaired) electrons. The van der Waals surface area contributed by atoms with Gasteiger partial charge in [-0.25, -0.2) is 0 Å². The number of benzene rings is 2. The van der Waals surface area contributed by atoms with Gasteiger partial charge in [-0.15, -0.1) is 0 Å². The second kappa shape index (κ2) is 5.33. The molecule has 1 N–H and O–H groups in total. The van der Waals surface area contributed by atoms with Gasteiger partial charge in [0.1, 0.15) is 0 Å². The van der Waals surface area contributed by atoms with E-state index in [9.17, 15) is 4.79 Å². The highest BCUT2D eigenvalue weighted by atomic mass is 16.7. The minimum atomic E-state index is -0.153. The first-order chi connectivity index (χ1) is 13.3. The van der Waals surface area contributed by atoms with Gasteiger partial charge in [0.25, 0.3) is 0 Å². The lowest BCUT2D eigenvalue weighted by molar-refractivity contribution is -0.115. The highest BCUT2D eigenvalue weighted by Crippen LogP contribution is 2.49. The van der Waals surface area contributed by atoms with Crippen LogP contribution >= 0.6 is 0 Å². The number of nitrogens with zero attached hydrogens (tertiary/aromatic N) is 1. The Balaban J connectivity index is 1.65. The fraction of sp³-hybridized carbons (Fsp3) is 0.182. The van der Waals surface area contributed by atoms with Crippen LogP contribution in [0, 0.1) is 0 Å². The molecule has 0 spiro atoms. The normalized spacial score (nSPS) is 19.9. The number of ketones is 1. The van der Waals surface area contributed by atoms with Crippen LogP contribution in [0.25, 0.3) is 10.9 Å². The molecule has 5 nitrogen and oxygen atoms in total. The molecule has 3 aromatic rings. The van der Waals surface area contributed by atoms with Crippen LogP contribution in [-0.2, 0) is 4.79 Å². The van der Waals surface area contributed by atoms with E-state index in [4.69, 9.17) is 9.47 Å². The van der Waals surface area contributed by atoms with Gasteiger partial charge in [-0.1, -0.05) is 18.2 Å². The lowest BCUT2D eigenvalue weighted by atomic mass is 9.79. The first-order valence-electron chi connectivity index (χ1n) is 9.10. The summed E-state index contributed by atoms with van der Waals surface area (Å²) < 4.78 is 11.1. The van der Waals surface area contributed by atoms with E-state index in [1.807, 2.05) is 24.3 Å². The third-order valence-electron chi connectivity index (χ3n) is 5.63. The molecule has 0 saturated heterocycles. The lowest BCUT2D eigenvalue weighted by Gasteiger charge is -2.29. The third kappa shape index (κ3) is 2.05. The van der Waals surface area contributed by atoms with Gasteiger partial charge in [0.05, 0.1) is 5.52 Å². The Morgan fingerprint density at radius 3 is 2.93 bits per heavy atom. The number of nitrogens with one attached hydrogen (secondary N) is 1. The second-order valence-electron chi connectivity index (χ2n) is 7.09. The smallest absolute Gasteiger partial charge is 0.231 e. The third-order valence-corrected chi connectivity index (χ3v) is 5.63. The molecular formula is C22H16N2O3.